The topological polar surface area (TPSA) is 25.0 Å². The molecule has 0 saturated heterocycles. The molecule has 0 saturated carbocycles. The van der Waals surface area contributed by atoms with Crippen LogP contribution in [0.3, 0.4) is 0 Å². The fourth-order valence-electron chi connectivity index (χ4n) is 2.71. The molecule has 0 spiro atoms. The summed E-state index contributed by atoms with van der Waals surface area (Å²) in [6, 6.07) is 12.7. The van der Waals surface area contributed by atoms with Gasteiger partial charge in [0.25, 0.3) is 0 Å². The van der Waals surface area contributed by atoms with Gasteiger partial charge in [-0.1, -0.05) is 15.9 Å². The zero-order valence-electron chi connectivity index (χ0n) is 10.9. The third-order valence-corrected chi connectivity index (χ3v) is 5.29. The van der Waals surface area contributed by atoms with Crippen molar-refractivity contribution in [2.75, 3.05) is 7.11 Å². The van der Waals surface area contributed by atoms with E-state index in [0.717, 1.165) is 16.0 Å². The second-order valence-electron chi connectivity index (χ2n) is 4.82. The summed E-state index contributed by atoms with van der Waals surface area (Å²) in [7, 11) is 1.71. The first-order chi connectivity index (χ1) is 9.76. The number of methoxy groups -OCH3 is 1. The fourth-order valence-corrected chi connectivity index (χ4v) is 4.15. The second kappa shape index (κ2) is 4.57. The molecule has 4 rings (SSSR count). The maximum atomic E-state index is 5.34. The Balaban J connectivity index is 2.01. The number of halogens is 1. The van der Waals surface area contributed by atoms with E-state index in [9.17, 15) is 0 Å². The zero-order valence-corrected chi connectivity index (χ0v) is 13.3. The Bertz CT molecular complexity index is 825. The minimum Gasteiger partial charge on any atom is -0.497 e. The van der Waals surface area contributed by atoms with Gasteiger partial charge < -0.3 is 9.72 Å². The van der Waals surface area contributed by atoms with Gasteiger partial charge in [-0.15, -0.1) is 11.8 Å². The summed E-state index contributed by atoms with van der Waals surface area (Å²) in [6.45, 7) is 0. The maximum absolute atomic E-state index is 5.34. The molecule has 0 fully saturated rings. The highest BCUT2D eigenvalue weighted by Gasteiger charge is 2.21. The first-order valence-electron chi connectivity index (χ1n) is 6.37. The largest absolute Gasteiger partial charge is 0.497 e. The molecule has 0 unspecified atom stereocenters. The molecule has 1 aliphatic rings. The number of H-pyrrole nitrogens is 1. The smallest absolute Gasteiger partial charge is 0.119 e. The quantitative estimate of drug-likeness (QED) is 0.654. The summed E-state index contributed by atoms with van der Waals surface area (Å²) in [4.78, 5) is 4.89. The summed E-state index contributed by atoms with van der Waals surface area (Å²) < 4.78 is 6.46. The van der Waals surface area contributed by atoms with Gasteiger partial charge in [0.1, 0.15) is 5.75 Å². The monoisotopic (exact) mass is 345 g/mol. The summed E-state index contributed by atoms with van der Waals surface area (Å²) >= 11 is 5.46. The number of rotatable bonds is 1. The van der Waals surface area contributed by atoms with Crippen LogP contribution in [0.5, 0.6) is 5.75 Å². The maximum Gasteiger partial charge on any atom is 0.119 e. The van der Waals surface area contributed by atoms with Crippen molar-refractivity contribution in [3.8, 4) is 17.0 Å². The van der Waals surface area contributed by atoms with Crippen molar-refractivity contribution in [3.05, 3.63) is 46.4 Å². The first-order valence-corrected chi connectivity index (χ1v) is 8.15. The van der Waals surface area contributed by atoms with Gasteiger partial charge >= 0.3 is 0 Å². The molecule has 0 bridgehead atoms. The Morgan fingerprint density at radius 2 is 2.10 bits per heavy atom. The van der Waals surface area contributed by atoms with Crippen molar-refractivity contribution < 1.29 is 4.74 Å². The number of benzene rings is 2. The Kier molecular flexibility index (Phi) is 2.82. The Morgan fingerprint density at radius 1 is 1.20 bits per heavy atom. The van der Waals surface area contributed by atoms with Gasteiger partial charge in [-0.2, -0.15) is 0 Å². The van der Waals surface area contributed by atoms with E-state index in [4.69, 9.17) is 4.74 Å². The van der Waals surface area contributed by atoms with E-state index in [1.807, 2.05) is 17.8 Å². The van der Waals surface area contributed by atoms with E-state index in [1.54, 1.807) is 7.11 Å². The van der Waals surface area contributed by atoms with Crippen LogP contribution in [0.2, 0.25) is 0 Å². The van der Waals surface area contributed by atoms with Crippen LogP contribution in [0.15, 0.2) is 45.8 Å². The third-order valence-electron chi connectivity index (χ3n) is 3.70. The molecule has 20 heavy (non-hydrogen) atoms. The van der Waals surface area contributed by atoms with Crippen molar-refractivity contribution >= 4 is 38.6 Å². The predicted octanol–water partition coefficient (Wildman–Crippen LogP) is 5.21. The normalized spacial score (nSPS) is 13.1. The van der Waals surface area contributed by atoms with E-state index in [1.165, 1.54) is 32.6 Å². The Hall–Kier alpha value is -1.39. The van der Waals surface area contributed by atoms with Crippen LogP contribution < -0.4 is 4.74 Å². The summed E-state index contributed by atoms with van der Waals surface area (Å²) in [6.07, 6.45) is 0. The lowest BCUT2D eigenvalue weighted by Gasteiger charge is -2.16. The van der Waals surface area contributed by atoms with Crippen molar-refractivity contribution in [2.45, 2.75) is 10.6 Å². The van der Waals surface area contributed by atoms with E-state index in [-0.39, 0.29) is 0 Å². The standard InChI is InChI=1S/C16H12BrNOS/c1-19-10-3-4-14-11(7-10)13-8-20-15-5-2-9(17)6-12(15)16(13)18-14/h2-7,18H,8H2,1H3. The highest BCUT2D eigenvalue weighted by atomic mass is 79.9. The molecule has 4 heteroatoms. The SMILES string of the molecule is COc1ccc2[nH]c3c(c2c1)CSc1ccc(Br)cc1-3. The van der Waals surface area contributed by atoms with Crippen LogP contribution in [0.1, 0.15) is 5.56 Å². The third kappa shape index (κ3) is 1.79. The van der Waals surface area contributed by atoms with Crippen molar-refractivity contribution in [1.82, 2.24) is 4.98 Å². The van der Waals surface area contributed by atoms with Crippen molar-refractivity contribution in [3.63, 3.8) is 0 Å². The van der Waals surface area contributed by atoms with Crippen LogP contribution in [0, 0.1) is 0 Å². The van der Waals surface area contributed by atoms with E-state index in [0.29, 0.717) is 0 Å². The van der Waals surface area contributed by atoms with Gasteiger partial charge in [0.15, 0.2) is 0 Å². The number of nitrogens with one attached hydrogen (secondary N) is 1. The molecule has 2 heterocycles. The Labute approximate surface area is 129 Å². The van der Waals surface area contributed by atoms with Crippen LogP contribution in [0.25, 0.3) is 22.2 Å². The first kappa shape index (κ1) is 12.4. The molecule has 1 aromatic heterocycles. The number of ether oxygens (including phenoxy) is 1. The van der Waals surface area contributed by atoms with E-state index in [2.05, 4.69) is 51.2 Å². The average molecular weight is 346 g/mol. The summed E-state index contributed by atoms with van der Waals surface area (Å²) in [5.41, 5.74) is 5.06. The molecule has 2 nitrogen and oxygen atoms in total. The lowest BCUT2D eigenvalue weighted by molar-refractivity contribution is 0.415. The van der Waals surface area contributed by atoms with E-state index >= 15 is 0 Å². The minimum absolute atomic E-state index is 0.907. The Morgan fingerprint density at radius 3 is 2.95 bits per heavy atom. The van der Waals surface area contributed by atoms with Gasteiger partial charge in [0.2, 0.25) is 0 Å². The molecule has 0 amide bonds. The number of hydrogen-bond donors (Lipinski definition) is 1. The molecule has 0 atom stereocenters. The lowest BCUT2D eigenvalue weighted by Crippen LogP contribution is -1.94. The molecule has 1 N–H and O–H groups in total. The highest BCUT2D eigenvalue weighted by Crippen LogP contribution is 2.45. The predicted molar refractivity (Wildman–Crippen MR) is 87.5 cm³/mol. The minimum atomic E-state index is 0.907. The number of thioether (sulfide) groups is 1. The zero-order chi connectivity index (χ0) is 13.7. The molecule has 1 aliphatic heterocycles. The van der Waals surface area contributed by atoms with Crippen LogP contribution in [-0.4, -0.2) is 12.1 Å². The van der Waals surface area contributed by atoms with Crippen LogP contribution in [-0.2, 0) is 5.75 Å². The second-order valence-corrected chi connectivity index (χ2v) is 6.75. The van der Waals surface area contributed by atoms with Crippen molar-refractivity contribution in [1.29, 1.82) is 0 Å². The lowest BCUT2D eigenvalue weighted by atomic mass is 10.1. The molecule has 100 valence electrons. The van der Waals surface area contributed by atoms with Gasteiger partial charge in [-0.05, 0) is 42.0 Å². The molecule has 0 aliphatic carbocycles. The number of aromatic nitrogens is 1. The number of hydrogen-bond acceptors (Lipinski definition) is 2. The molecular weight excluding hydrogens is 334 g/mol. The number of aromatic amines is 1. The molecule has 2 aromatic carbocycles. The van der Waals surface area contributed by atoms with Gasteiger partial charge in [-0.3, -0.25) is 0 Å². The van der Waals surface area contributed by atoms with Crippen molar-refractivity contribution in [2.24, 2.45) is 0 Å². The summed E-state index contributed by atoms with van der Waals surface area (Å²) in [5, 5.41) is 1.26. The van der Waals surface area contributed by atoms with E-state index < -0.39 is 0 Å². The fraction of sp³-hybridized carbons (Fsp3) is 0.125. The van der Waals surface area contributed by atoms with Gasteiger partial charge in [0, 0.05) is 31.6 Å². The van der Waals surface area contributed by atoms with Gasteiger partial charge in [0.05, 0.1) is 12.8 Å². The number of fused-ring (bicyclic) bond motifs is 5. The molecule has 0 radical (unpaired) electrons. The van der Waals surface area contributed by atoms with Gasteiger partial charge in [-0.25, -0.2) is 0 Å². The average Bonchev–Trinajstić information content (AvgIpc) is 2.85. The molecule has 3 aromatic rings. The highest BCUT2D eigenvalue weighted by molar-refractivity contribution is 9.10. The van der Waals surface area contributed by atoms with Crippen LogP contribution >= 0.6 is 27.7 Å². The molecular formula is C16H12BrNOS. The summed E-state index contributed by atoms with van der Waals surface area (Å²) in [5.74, 6) is 1.90. The van der Waals surface area contributed by atoms with Crippen LogP contribution in [0.4, 0.5) is 0 Å².